The van der Waals surface area contributed by atoms with Crippen molar-refractivity contribution in [3.8, 4) is 0 Å². The number of carbonyl (C=O) groups excluding carboxylic acids is 3. The zero-order valence-electron chi connectivity index (χ0n) is 19.0. The summed E-state index contributed by atoms with van der Waals surface area (Å²) in [5, 5.41) is 7.87. The van der Waals surface area contributed by atoms with E-state index in [1.165, 1.54) is 0 Å². The van der Waals surface area contributed by atoms with E-state index >= 15 is 0 Å². The molecule has 0 spiro atoms. The SMILES string of the molecule is O=C(CN1CCN(C(=O)c2cccc3ccccc23)CC1)Nc1ccccc1C(=O)NC1CC1. The third-order valence-electron chi connectivity index (χ3n) is 6.41. The van der Waals surface area contributed by atoms with Gasteiger partial charge in [0.05, 0.1) is 17.8 Å². The van der Waals surface area contributed by atoms with E-state index < -0.39 is 0 Å². The largest absolute Gasteiger partial charge is 0.349 e. The van der Waals surface area contributed by atoms with Crippen molar-refractivity contribution in [2.24, 2.45) is 0 Å². The molecule has 7 nitrogen and oxygen atoms in total. The molecule has 1 aliphatic carbocycles. The molecular weight excluding hydrogens is 428 g/mol. The van der Waals surface area contributed by atoms with E-state index in [2.05, 4.69) is 10.6 Å². The van der Waals surface area contributed by atoms with Crippen molar-refractivity contribution in [2.75, 3.05) is 38.0 Å². The van der Waals surface area contributed by atoms with E-state index in [1.807, 2.05) is 52.3 Å². The van der Waals surface area contributed by atoms with Crippen LogP contribution in [0.4, 0.5) is 5.69 Å². The molecule has 1 heterocycles. The van der Waals surface area contributed by atoms with Gasteiger partial charge in [-0.05, 0) is 41.8 Å². The van der Waals surface area contributed by atoms with Crippen LogP contribution in [-0.4, -0.2) is 66.3 Å². The average molecular weight is 457 g/mol. The van der Waals surface area contributed by atoms with Gasteiger partial charge in [0.15, 0.2) is 0 Å². The number of hydrogen-bond acceptors (Lipinski definition) is 4. The average Bonchev–Trinajstić information content (AvgIpc) is 3.68. The first-order valence-electron chi connectivity index (χ1n) is 11.8. The number of anilines is 1. The van der Waals surface area contributed by atoms with E-state index in [-0.39, 0.29) is 30.3 Å². The number of piperazine rings is 1. The molecule has 174 valence electrons. The van der Waals surface area contributed by atoms with Gasteiger partial charge in [-0.1, -0.05) is 48.5 Å². The van der Waals surface area contributed by atoms with Gasteiger partial charge >= 0.3 is 0 Å². The highest BCUT2D eigenvalue weighted by atomic mass is 16.2. The van der Waals surface area contributed by atoms with Gasteiger partial charge in [0.25, 0.3) is 11.8 Å². The van der Waals surface area contributed by atoms with Crippen molar-refractivity contribution >= 4 is 34.2 Å². The monoisotopic (exact) mass is 456 g/mol. The number of fused-ring (bicyclic) bond motifs is 1. The number of rotatable bonds is 6. The Bertz CT molecular complexity index is 1220. The van der Waals surface area contributed by atoms with Crippen molar-refractivity contribution in [2.45, 2.75) is 18.9 Å². The Kier molecular flexibility index (Phi) is 6.27. The summed E-state index contributed by atoms with van der Waals surface area (Å²) in [6.07, 6.45) is 2.02. The highest BCUT2D eigenvalue weighted by Gasteiger charge is 2.26. The molecule has 3 aromatic carbocycles. The van der Waals surface area contributed by atoms with Crippen LogP contribution in [0, 0.1) is 0 Å². The first-order chi connectivity index (χ1) is 16.6. The van der Waals surface area contributed by atoms with Gasteiger partial charge in [-0.2, -0.15) is 0 Å². The van der Waals surface area contributed by atoms with Crippen LogP contribution >= 0.6 is 0 Å². The molecule has 0 aromatic heterocycles. The predicted octanol–water partition coefficient (Wildman–Crippen LogP) is 3.13. The Morgan fingerprint density at radius 2 is 1.47 bits per heavy atom. The summed E-state index contributed by atoms with van der Waals surface area (Å²) in [5.41, 5.74) is 1.72. The Balaban J connectivity index is 1.16. The van der Waals surface area contributed by atoms with Gasteiger partial charge in [0.2, 0.25) is 5.91 Å². The van der Waals surface area contributed by atoms with Crippen LogP contribution in [0.3, 0.4) is 0 Å². The summed E-state index contributed by atoms with van der Waals surface area (Å²) in [5.74, 6) is -0.295. The van der Waals surface area contributed by atoms with Gasteiger partial charge in [-0.25, -0.2) is 0 Å². The zero-order chi connectivity index (χ0) is 23.5. The number of benzene rings is 3. The fourth-order valence-corrected chi connectivity index (χ4v) is 4.37. The van der Waals surface area contributed by atoms with Crippen molar-refractivity contribution in [1.82, 2.24) is 15.1 Å². The van der Waals surface area contributed by atoms with Crippen LogP contribution in [0.2, 0.25) is 0 Å². The zero-order valence-corrected chi connectivity index (χ0v) is 19.0. The molecule has 0 unspecified atom stereocenters. The first-order valence-corrected chi connectivity index (χ1v) is 11.8. The summed E-state index contributed by atoms with van der Waals surface area (Å²) >= 11 is 0. The molecule has 1 saturated heterocycles. The second kappa shape index (κ2) is 9.65. The van der Waals surface area contributed by atoms with Crippen LogP contribution in [-0.2, 0) is 4.79 Å². The van der Waals surface area contributed by atoms with Gasteiger partial charge in [0, 0.05) is 37.8 Å². The minimum Gasteiger partial charge on any atom is -0.349 e. The number of nitrogens with zero attached hydrogens (tertiary/aromatic N) is 2. The summed E-state index contributed by atoms with van der Waals surface area (Å²) in [7, 11) is 0. The molecule has 0 radical (unpaired) electrons. The molecule has 0 bridgehead atoms. The second-order valence-corrected chi connectivity index (χ2v) is 8.94. The van der Waals surface area contributed by atoms with Crippen molar-refractivity contribution in [3.63, 3.8) is 0 Å². The fourth-order valence-electron chi connectivity index (χ4n) is 4.37. The molecule has 1 saturated carbocycles. The Hall–Kier alpha value is -3.71. The minimum absolute atomic E-state index is 0.0245. The molecule has 3 aromatic rings. The Labute approximate surface area is 198 Å². The first kappa shape index (κ1) is 22.1. The number of carbonyl (C=O) groups is 3. The predicted molar refractivity (Wildman–Crippen MR) is 132 cm³/mol. The Morgan fingerprint density at radius 1 is 0.794 bits per heavy atom. The van der Waals surface area contributed by atoms with Crippen molar-refractivity contribution < 1.29 is 14.4 Å². The number of para-hydroxylation sites is 1. The molecular formula is C27H28N4O3. The highest BCUT2D eigenvalue weighted by molar-refractivity contribution is 6.07. The lowest BCUT2D eigenvalue weighted by molar-refractivity contribution is -0.117. The van der Waals surface area contributed by atoms with E-state index in [9.17, 15) is 14.4 Å². The molecule has 34 heavy (non-hydrogen) atoms. The third kappa shape index (κ3) is 4.94. The molecule has 2 fully saturated rings. The third-order valence-corrected chi connectivity index (χ3v) is 6.41. The minimum atomic E-state index is -0.166. The molecule has 1 aliphatic heterocycles. The van der Waals surface area contributed by atoms with E-state index in [0.29, 0.717) is 43.0 Å². The second-order valence-electron chi connectivity index (χ2n) is 8.94. The highest BCUT2D eigenvalue weighted by Crippen LogP contribution is 2.22. The maximum Gasteiger partial charge on any atom is 0.254 e. The van der Waals surface area contributed by atoms with Crippen LogP contribution in [0.15, 0.2) is 66.7 Å². The topological polar surface area (TPSA) is 81.8 Å². The van der Waals surface area contributed by atoms with Crippen LogP contribution in [0.25, 0.3) is 10.8 Å². The van der Waals surface area contributed by atoms with Gasteiger partial charge in [0.1, 0.15) is 0 Å². The number of nitrogens with one attached hydrogen (secondary N) is 2. The molecule has 5 rings (SSSR count). The summed E-state index contributed by atoms with van der Waals surface area (Å²) < 4.78 is 0. The quantitative estimate of drug-likeness (QED) is 0.597. The van der Waals surface area contributed by atoms with Crippen molar-refractivity contribution in [1.29, 1.82) is 0 Å². The normalized spacial score (nSPS) is 16.3. The summed E-state index contributed by atoms with van der Waals surface area (Å²) in [6, 6.07) is 21.0. The molecule has 7 heteroatoms. The van der Waals surface area contributed by atoms with Crippen LogP contribution in [0.5, 0.6) is 0 Å². The van der Waals surface area contributed by atoms with Crippen LogP contribution in [0.1, 0.15) is 33.6 Å². The maximum atomic E-state index is 13.2. The lowest BCUT2D eigenvalue weighted by Crippen LogP contribution is -2.50. The van der Waals surface area contributed by atoms with Crippen LogP contribution < -0.4 is 10.6 Å². The van der Waals surface area contributed by atoms with Gasteiger partial charge < -0.3 is 15.5 Å². The standard InChI is InChI=1S/C27H28N4O3/c32-25(29-24-11-4-3-9-23(24)26(33)28-20-12-13-20)18-30-14-16-31(17-15-30)27(34)22-10-5-7-19-6-1-2-8-21(19)22/h1-11,20H,12-18H2,(H,28,33)(H,29,32). The maximum absolute atomic E-state index is 13.2. The van der Waals surface area contributed by atoms with Gasteiger partial charge in [-0.15, -0.1) is 0 Å². The van der Waals surface area contributed by atoms with Gasteiger partial charge in [-0.3, -0.25) is 19.3 Å². The lowest BCUT2D eigenvalue weighted by Gasteiger charge is -2.34. The molecule has 2 N–H and O–H groups in total. The fraction of sp³-hybridized carbons (Fsp3) is 0.296. The Morgan fingerprint density at radius 3 is 2.26 bits per heavy atom. The number of amides is 3. The molecule has 2 aliphatic rings. The molecule has 3 amide bonds. The lowest BCUT2D eigenvalue weighted by atomic mass is 10.0. The smallest absolute Gasteiger partial charge is 0.254 e. The summed E-state index contributed by atoms with van der Waals surface area (Å²) in [4.78, 5) is 42.2. The summed E-state index contributed by atoms with van der Waals surface area (Å²) in [6.45, 7) is 2.59. The van der Waals surface area contributed by atoms with Crippen molar-refractivity contribution in [3.05, 3.63) is 77.9 Å². The molecule has 0 atom stereocenters. The van der Waals surface area contributed by atoms with E-state index in [1.54, 1.807) is 24.3 Å². The van der Waals surface area contributed by atoms with E-state index in [4.69, 9.17) is 0 Å². The van der Waals surface area contributed by atoms with E-state index in [0.717, 1.165) is 23.6 Å². The number of hydrogen-bond donors (Lipinski definition) is 2.